The minimum Gasteiger partial charge on any atom is -0.364 e. The molecule has 0 radical (unpaired) electrons. The van der Waals surface area contributed by atoms with Crippen molar-refractivity contribution in [2.45, 2.75) is 32.7 Å². The molecule has 3 aromatic rings. The second-order valence-corrected chi connectivity index (χ2v) is 7.23. The Bertz CT molecular complexity index is 916. The van der Waals surface area contributed by atoms with Gasteiger partial charge < -0.3 is 15.6 Å². The van der Waals surface area contributed by atoms with Gasteiger partial charge in [0.05, 0.1) is 11.9 Å². The van der Waals surface area contributed by atoms with Gasteiger partial charge in [-0.1, -0.05) is 12.1 Å². The Hall–Kier alpha value is -2.48. The van der Waals surface area contributed by atoms with Crippen LogP contribution in [-0.4, -0.2) is 21.0 Å². The maximum atomic E-state index is 11.1. The summed E-state index contributed by atoms with van der Waals surface area (Å²) in [5.74, 6) is 1.45. The molecule has 124 valence electrons. The summed E-state index contributed by atoms with van der Waals surface area (Å²) in [5.41, 5.74) is 6.67. The zero-order chi connectivity index (χ0) is 16.7. The zero-order valence-corrected chi connectivity index (χ0v) is 14.0. The molecule has 3 heterocycles. The number of primary amides is 1. The van der Waals surface area contributed by atoms with Crippen LogP contribution in [0, 0.1) is 5.92 Å². The molecule has 3 aromatic heterocycles. The number of aromatic nitrogens is 3. The van der Waals surface area contributed by atoms with E-state index in [4.69, 9.17) is 10.3 Å². The SMILES string of the molecule is C[C@H]1CCc2c(sc3ncnc(NCc4cc(C(N)=O)no4)c23)C1. The lowest BCUT2D eigenvalue weighted by Crippen LogP contribution is -2.11. The highest BCUT2D eigenvalue weighted by molar-refractivity contribution is 7.19. The summed E-state index contributed by atoms with van der Waals surface area (Å²) in [5, 5.41) is 8.02. The predicted molar refractivity (Wildman–Crippen MR) is 91.0 cm³/mol. The molecule has 0 spiro atoms. The van der Waals surface area contributed by atoms with Crippen molar-refractivity contribution in [1.29, 1.82) is 0 Å². The third-order valence-corrected chi connectivity index (χ3v) is 5.50. The number of nitrogens with two attached hydrogens (primary N) is 1. The smallest absolute Gasteiger partial charge is 0.270 e. The van der Waals surface area contributed by atoms with E-state index in [1.807, 2.05) is 0 Å². The Kier molecular flexibility index (Phi) is 3.68. The first kappa shape index (κ1) is 15.1. The van der Waals surface area contributed by atoms with Crippen LogP contribution in [0.4, 0.5) is 5.82 Å². The van der Waals surface area contributed by atoms with Gasteiger partial charge in [-0.3, -0.25) is 4.79 Å². The number of nitrogens with one attached hydrogen (secondary N) is 1. The van der Waals surface area contributed by atoms with Gasteiger partial charge in [0.2, 0.25) is 0 Å². The van der Waals surface area contributed by atoms with Crippen LogP contribution in [0.3, 0.4) is 0 Å². The molecular weight excluding hydrogens is 326 g/mol. The Balaban J connectivity index is 1.63. The van der Waals surface area contributed by atoms with Crippen molar-refractivity contribution in [3.63, 3.8) is 0 Å². The number of hydrogen-bond acceptors (Lipinski definition) is 7. The molecule has 24 heavy (non-hydrogen) atoms. The van der Waals surface area contributed by atoms with Crippen molar-refractivity contribution in [2.24, 2.45) is 11.7 Å². The lowest BCUT2D eigenvalue weighted by molar-refractivity contribution is 0.0991. The third kappa shape index (κ3) is 2.62. The summed E-state index contributed by atoms with van der Waals surface area (Å²) in [6.45, 7) is 2.67. The Labute approximate surface area is 142 Å². The standard InChI is InChI=1S/C16H17N5O2S/c1-8-2-3-10-12(4-8)24-16-13(10)15(19-7-20-16)18-6-9-5-11(14(17)22)21-23-9/h5,7-8H,2-4,6H2,1H3,(H2,17,22)(H,18,19,20)/t8-/m0/s1. The third-order valence-electron chi connectivity index (χ3n) is 4.33. The number of amides is 1. The van der Waals surface area contributed by atoms with E-state index in [-0.39, 0.29) is 5.69 Å². The average Bonchev–Trinajstić information content (AvgIpc) is 3.16. The van der Waals surface area contributed by atoms with Crippen molar-refractivity contribution in [3.8, 4) is 0 Å². The van der Waals surface area contributed by atoms with E-state index in [0.717, 1.165) is 34.8 Å². The normalized spacial score (nSPS) is 17.0. The van der Waals surface area contributed by atoms with E-state index in [1.54, 1.807) is 23.7 Å². The lowest BCUT2D eigenvalue weighted by Gasteiger charge is -2.18. The molecule has 4 rings (SSSR count). The van der Waals surface area contributed by atoms with Gasteiger partial charge in [0.25, 0.3) is 5.91 Å². The topological polar surface area (TPSA) is 107 Å². The van der Waals surface area contributed by atoms with Crippen LogP contribution in [-0.2, 0) is 19.4 Å². The second kappa shape index (κ2) is 5.86. The number of fused-ring (bicyclic) bond motifs is 3. The number of carbonyl (C=O) groups excluding carboxylic acids is 1. The zero-order valence-electron chi connectivity index (χ0n) is 13.2. The number of rotatable bonds is 4. The Morgan fingerprint density at radius 3 is 3.17 bits per heavy atom. The van der Waals surface area contributed by atoms with Crippen molar-refractivity contribution in [3.05, 3.63) is 34.3 Å². The van der Waals surface area contributed by atoms with Crippen molar-refractivity contribution in [1.82, 2.24) is 15.1 Å². The van der Waals surface area contributed by atoms with Crippen LogP contribution < -0.4 is 11.1 Å². The number of hydrogen-bond donors (Lipinski definition) is 2. The van der Waals surface area contributed by atoms with Crippen LogP contribution in [0.2, 0.25) is 0 Å². The van der Waals surface area contributed by atoms with Gasteiger partial charge in [0, 0.05) is 10.9 Å². The first-order valence-electron chi connectivity index (χ1n) is 7.86. The van der Waals surface area contributed by atoms with Crippen molar-refractivity contribution < 1.29 is 9.32 Å². The molecule has 0 bridgehead atoms. The molecule has 0 unspecified atom stereocenters. The molecule has 1 amide bonds. The maximum Gasteiger partial charge on any atom is 0.270 e. The summed E-state index contributed by atoms with van der Waals surface area (Å²) < 4.78 is 5.11. The fourth-order valence-corrected chi connectivity index (χ4v) is 4.44. The van der Waals surface area contributed by atoms with E-state index in [1.165, 1.54) is 16.9 Å². The number of carbonyl (C=O) groups is 1. The molecule has 3 N–H and O–H groups in total. The van der Waals surface area contributed by atoms with Crippen LogP contribution in [0.15, 0.2) is 16.9 Å². The number of aryl methyl sites for hydroxylation is 1. The molecule has 1 aliphatic rings. The summed E-state index contributed by atoms with van der Waals surface area (Å²) in [4.78, 5) is 22.3. The van der Waals surface area contributed by atoms with E-state index in [9.17, 15) is 4.79 Å². The van der Waals surface area contributed by atoms with E-state index in [2.05, 4.69) is 27.4 Å². The van der Waals surface area contributed by atoms with Crippen LogP contribution in [0.1, 0.15) is 40.0 Å². The summed E-state index contributed by atoms with van der Waals surface area (Å²) in [6.07, 6.45) is 4.94. The molecule has 1 aliphatic carbocycles. The first-order valence-corrected chi connectivity index (χ1v) is 8.68. The molecule has 0 aromatic carbocycles. The average molecular weight is 343 g/mol. The summed E-state index contributed by atoms with van der Waals surface area (Å²) in [7, 11) is 0. The summed E-state index contributed by atoms with van der Waals surface area (Å²) >= 11 is 1.76. The molecule has 7 nitrogen and oxygen atoms in total. The fraction of sp³-hybridized carbons (Fsp3) is 0.375. The monoisotopic (exact) mass is 343 g/mol. The lowest BCUT2D eigenvalue weighted by atomic mass is 9.89. The molecule has 0 saturated heterocycles. The first-order chi connectivity index (χ1) is 11.6. The molecule has 1 atom stereocenters. The molecule has 0 aliphatic heterocycles. The molecule has 8 heteroatoms. The Morgan fingerprint density at radius 2 is 2.38 bits per heavy atom. The quantitative estimate of drug-likeness (QED) is 0.754. The second-order valence-electron chi connectivity index (χ2n) is 6.15. The maximum absolute atomic E-state index is 11.1. The van der Waals surface area contributed by atoms with Gasteiger partial charge in [0.15, 0.2) is 11.5 Å². The largest absolute Gasteiger partial charge is 0.364 e. The van der Waals surface area contributed by atoms with E-state index < -0.39 is 5.91 Å². The number of nitrogens with zero attached hydrogens (tertiary/aromatic N) is 3. The number of anilines is 1. The van der Waals surface area contributed by atoms with E-state index >= 15 is 0 Å². The van der Waals surface area contributed by atoms with Gasteiger partial charge in [0.1, 0.15) is 17.0 Å². The van der Waals surface area contributed by atoms with E-state index in [0.29, 0.717) is 12.3 Å². The summed E-state index contributed by atoms with van der Waals surface area (Å²) in [6, 6.07) is 1.54. The van der Waals surface area contributed by atoms with Crippen LogP contribution in [0.25, 0.3) is 10.2 Å². The van der Waals surface area contributed by atoms with Gasteiger partial charge >= 0.3 is 0 Å². The van der Waals surface area contributed by atoms with Gasteiger partial charge in [-0.05, 0) is 30.7 Å². The van der Waals surface area contributed by atoms with Crippen molar-refractivity contribution >= 4 is 33.3 Å². The molecular formula is C16H17N5O2S. The highest BCUT2D eigenvalue weighted by Gasteiger charge is 2.23. The Morgan fingerprint density at radius 1 is 1.50 bits per heavy atom. The van der Waals surface area contributed by atoms with Crippen molar-refractivity contribution in [2.75, 3.05) is 5.32 Å². The highest BCUT2D eigenvalue weighted by atomic mass is 32.1. The minimum atomic E-state index is -0.601. The fourth-order valence-electron chi connectivity index (χ4n) is 3.09. The van der Waals surface area contributed by atoms with Gasteiger partial charge in [-0.2, -0.15) is 0 Å². The van der Waals surface area contributed by atoms with Gasteiger partial charge in [-0.15, -0.1) is 11.3 Å². The van der Waals surface area contributed by atoms with Gasteiger partial charge in [-0.25, -0.2) is 9.97 Å². The molecule has 0 fully saturated rings. The predicted octanol–water partition coefficient (Wildman–Crippen LogP) is 2.52. The van der Waals surface area contributed by atoms with Crippen LogP contribution in [0.5, 0.6) is 0 Å². The van der Waals surface area contributed by atoms with Crippen LogP contribution >= 0.6 is 11.3 Å². The number of thiophene rings is 1. The molecule has 0 saturated carbocycles. The highest BCUT2D eigenvalue weighted by Crippen LogP contribution is 2.39. The minimum absolute atomic E-state index is 0.126.